The Hall–Kier alpha value is -1.30. The molecule has 2 heterocycles. The fourth-order valence-corrected chi connectivity index (χ4v) is 4.20. The van der Waals surface area contributed by atoms with Crippen molar-refractivity contribution in [3.63, 3.8) is 0 Å². The van der Waals surface area contributed by atoms with Crippen molar-refractivity contribution >= 4 is 0 Å². The molecule has 140 valence electrons. The lowest BCUT2D eigenvalue weighted by atomic mass is 9.99. The molecule has 3 rings (SSSR count). The first kappa shape index (κ1) is 18.5. The van der Waals surface area contributed by atoms with Gasteiger partial charge in [-0.15, -0.1) is 0 Å². The van der Waals surface area contributed by atoms with E-state index in [4.69, 9.17) is 14.2 Å². The van der Waals surface area contributed by atoms with Crippen molar-refractivity contribution in [2.24, 2.45) is 0 Å². The van der Waals surface area contributed by atoms with Gasteiger partial charge in [-0.3, -0.25) is 4.90 Å². The fraction of sp³-hybridized carbons (Fsp3) is 0.700. The molecule has 1 N–H and O–H groups in total. The predicted molar refractivity (Wildman–Crippen MR) is 99.4 cm³/mol. The smallest absolute Gasteiger partial charge is 0.122 e. The van der Waals surface area contributed by atoms with E-state index in [0.717, 1.165) is 44.0 Å². The molecule has 0 spiro atoms. The Morgan fingerprint density at radius 1 is 1.04 bits per heavy atom. The van der Waals surface area contributed by atoms with E-state index in [1.54, 1.807) is 14.2 Å². The largest absolute Gasteiger partial charge is 0.497 e. The molecule has 4 atom stereocenters. The zero-order valence-corrected chi connectivity index (χ0v) is 16.0. The second-order valence-corrected chi connectivity index (χ2v) is 7.53. The summed E-state index contributed by atoms with van der Waals surface area (Å²) in [7, 11) is 3.40. The van der Waals surface area contributed by atoms with Gasteiger partial charge in [-0.1, -0.05) is 0 Å². The molecule has 0 radical (unpaired) electrons. The van der Waals surface area contributed by atoms with Crippen molar-refractivity contribution in [2.45, 2.75) is 63.9 Å². The van der Waals surface area contributed by atoms with E-state index in [1.807, 2.05) is 6.07 Å². The molecule has 25 heavy (non-hydrogen) atoms. The molecule has 2 fully saturated rings. The van der Waals surface area contributed by atoms with Crippen LogP contribution in [-0.4, -0.2) is 56.5 Å². The van der Waals surface area contributed by atoms with Crippen LogP contribution in [0.25, 0.3) is 0 Å². The van der Waals surface area contributed by atoms with Crippen molar-refractivity contribution in [3.8, 4) is 11.5 Å². The maximum Gasteiger partial charge on any atom is 0.122 e. The minimum Gasteiger partial charge on any atom is -0.497 e. The van der Waals surface area contributed by atoms with Gasteiger partial charge < -0.3 is 19.5 Å². The summed E-state index contributed by atoms with van der Waals surface area (Å²) in [5.41, 5.74) is 1.24. The van der Waals surface area contributed by atoms with Crippen molar-refractivity contribution in [1.82, 2.24) is 10.2 Å². The Morgan fingerprint density at radius 3 is 2.28 bits per heavy atom. The molecule has 2 saturated heterocycles. The summed E-state index contributed by atoms with van der Waals surface area (Å²) in [4.78, 5) is 2.51. The van der Waals surface area contributed by atoms with Crippen molar-refractivity contribution in [3.05, 3.63) is 23.8 Å². The second-order valence-electron chi connectivity index (χ2n) is 7.53. The van der Waals surface area contributed by atoms with Crippen LogP contribution < -0.4 is 14.8 Å². The zero-order valence-electron chi connectivity index (χ0n) is 16.0. The van der Waals surface area contributed by atoms with Gasteiger partial charge in [0.15, 0.2) is 0 Å². The fourth-order valence-electron chi connectivity index (χ4n) is 4.20. The normalized spacial score (nSPS) is 30.4. The third-order valence-corrected chi connectivity index (χ3v) is 5.26. The van der Waals surface area contributed by atoms with E-state index >= 15 is 0 Å². The molecule has 0 aromatic heterocycles. The van der Waals surface area contributed by atoms with Gasteiger partial charge in [-0.2, -0.15) is 0 Å². The summed E-state index contributed by atoms with van der Waals surface area (Å²) in [6.07, 6.45) is 4.18. The second kappa shape index (κ2) is 8.39. The SMILES string of the molecule is COc1cc(CN2CC[C@H](NC3C[C@@H](C)O[C@@H](C)C3)C2)cc(OC)c1. The highest BCUT2D eigenvalue weighted by atomic mass is 16.5. The van der Waals surface area contributed by atoms with E-state index in [0.29, 0.717) is 24.3 Å². The number of ether oxygens (including phenoxy) is 3. The first-order valence-electron chi connectivity index (χ1n) is 9.41. The number of rotatable bonds is 6. The van der Waals surface area contributed by atoms with Gasteiger partial charge in [-0.05, 0) is 50.8 Å². The molecule has 0 saturated carbocycles. The van der Waals surface area contributed by atoms with E-state index in [1.165, 1.54) is 12.0 Å². The molecule has 1 aromatic rings. The van der Waals surface area contributed by atoms with Crippen LogP contribution in [0.5, 0.6) is 11.5 Å². The molecule has 2 aliphatic rings. The van der Waals surface area contributed by atoms with Crippen LogP contribution in [0, 0.1) is 0 Å². The molecule has 1 aromatic carbocycles. The summed E-state index contributed by atoms with van der Waals surface area (Å²) < 4.78 is 16.6. The number of hydrogen-bond acceptors (Lipinski definition) is 5. The minimum absolute atomic E-state index is 0.364. The highest BCUT2D eigenvalue weighted by Gasteiger charge is 2.29. The third-order valence-electron chi connectivity index (χ3n) is 5.26. The number of nitrogens with one attached hydrogen (secondary N) is 1. The number of benzene rings is 1. The van der Waals surface area contributed by atoms with Crippen LogP contribution >= 0.6 is 0 Å². The average molecular weight is 348 g/mol. The molecular formula is C20H32N2O3. The standard InChI is InChI=1S/C20H32N2O3/c1-14-7-18(8-15(2)25-14)21-17-5-6-22(13-17)12-16-9-19(23-3)11-20(10-16)24-4/h9-11,14-15,17-18,21H,5-8,12-13H2,1-4H3/t14-,15+,17-,18?/m0/s1. The van der Waals surface area contributed by atoms with Crippen LogP contribution in [0.2, 0.25) is 0 Å². The molecule has 5 nitrogen and oxygen atoms in total. The van der Waals surface area contributed by atoms with Gasteiger partial charge in [-0.25, -0.2) is 0 Å². The van der Waals surface area contributed by atoms with Crippen LogP contribution in [0.4, 0.5) is 0 Å². The number of nitrogens with zero attached hydrogens (tertiary/aromatic N) is 1. The lowest BCUT2D eigenvalue weighted by Crippen LogP contribution is -2.46. The van der Waals surface area contributed by atoms with Gasteiger partial charge in [0.05, 0.1) is 26.4 Å². The summed E-state index contributed by atoms with van der Waals surface area (Å²) in [6.45, 7) is 7.53. The van der Waals surface area contributed by atoms with E-state index < -0.39 is 0 Å². The summed E-state index contributed by atoms with van der Waals surface area (Å²) in [6, 6.07) is 7.29. The third kappa shape index (κ3) is 5.09. The van der Waals surface area contributed by atoms with Crippen molar-refractivity contribution < 1.29 is 14.2 Å². The van der Waals surface area contributed by atoms with E-state index in [2.05, 4.69) is 36.2 Å². The van der Waals surface area contributed by atoms with Crippen LogP contribution in [0.1, 0.15) is 38.7 Å². The van der Waals surface area contributed by atoms with Gasteiger partial charge in [0.2, 0.25) is 0 Å². The van der Waals surface area contributed by atoms with Gasteiger partial charge in [0.25, 0.3) is 0 Å². The van der Waals surface area contributed by atoms with E-state index in [9.17, 15) is 0 Å². The molecule has 2 aliphatic heterocycles. The topological polar surface area (TPSA) is 43.0 Å². The lowest BCUT2D eigenvalue weighted by molar-refractivity contribution is -0.0434. The number of methoxy groups -OCH3 is 2. The Bertz CT molecular complexity index is 534. The van der Waals surface area contributed by atoms with Crippen molar-refractivity contribution in [2.75, 3.05) is 27.3 Å². The van der Waals surface area contributed by atoms with Crippen LogP contribution in [-0.2, 0) is 11.3 Å². The highest BCUT2D eigenvalue weighted by Crippen LogP contribution is 2.25. The molecule has 0 bridgehead atoms. The maximum absolute atomic E-state index is 5.85. The quantitative estimate of drug-likeness (QED) is 0.856. The van der Waals surface area contributed by atoms with Gasteiger partial charge in [0, 0.05) is 37.8 Å². The number of hydrogen-bond donors (Lipinski definition) is 1. The number of likely N-dealkylation sites (tertiary alicyclic amines) is 1. The van der Waals surface area contributed by atoms with Crippen molar-refractivity contribution in [1.29, 1.82) is 0 Å². The highest BCUT2D eigenvalue weighted by molar-refractivity contribution is 5.38. The Kier molecular flexibility index (Phi) is 6.20. The Balaban J connectivity index is 1.53. The maximum atomic E-state index is 5.85. The van der Waals surface area contributed by atoms with E-state index in [-0.39, 0.29) is 0 Å². The average Bonchev–Trinajstić information content (AvgIpc) is 3.00. The van der Waals surface area contributed by atoms with Gasteiger partial charge in [0.1, 0.15) is 11.5 Å². The molecule has 1 unspecified atom stereocenters. The van der Waals surface area contributed by atoms with Gasteiger partial charge >= 0.3 is 0 Å². The monoisotopic (exact) mass is 348 g/mol. The first-order valence-corrected chi connectivity index (χ1v) is 9.41. The summed E-state index contributed by atoms with van der Waals surface area (Å²) >= 11 is 0. The molecule has 0 aliphatic carbocycles. The Morgan fingerprint density at radius 2 is 1.68 bits per heavy atom. The Labute approximate surface area is 151 Å². The minimum atomic E-state index is 0.364. The summed E-state index contributed by atoms with van der Waals surface area (Å²) in [5.74, 6) is 1.71. The lowest BCUT2D eigenvalue weighted by Gasteiger charge is -2.34. The molecule has 0 amide bonds. The van der Waals surface area contributed by atoms with Crippen LogP contribution in [0.15, 0.2) is 18.2 Å². The zero-order chi connectivity index (χ0) is 17.8. The first-order chi connectivity index (χ1) is 12.1. The predicted octanol–water partition coefficient (Wildman–Crippen LogP) is 2.82. The van der Waals surface area contributed by atoms with Crippen LogP contribution in [0.3, 0.4) is 0 Å². The summed E-state index contributed by atoms with van der Waals surface area (Å²) in [5, 5.41) is 3.87. The molecular weight excluding hydrogens is 316 g/mol. The molecule has 5 heteroatoms.